The quantitative estimate of drug-likeness (QED) is 0.815. The van der Waals surface area contributed by atoms with E-state index in [4.69, 9.17) is 0 Å². The van der Waals surface area contributed by atoms with Gasteiger partial charge in [-0.1, -0.05) is 12.6 Å². The first kappa shape index (κ1) is 18.0. The lowest BCUT2D eigenvalue weighted by Crippen LogP contribution is -2.33. The van der Waals surface area contributed by atoms with Crippen LogP contribution in [0.4, 0.5) is 8.78 Å². The highest BCUT2D eigenvalue weighted by Crippen LogP contribution is 2.27. The predicted octanol–water partition coefficient (Wildman–Crippen LogP) is 1.04. The first-order chi connectivity index (χ1) is 10.7. The standard InChI is InChI=1S/C13H16F2N2O4S2/c1-2-22(18,19)16-8-10-6-7-17(9-10)23(20,21)13-11(14)4-3-5-12(13)15/h2-5,10,16H,1,6-9H2/t10-/m1/s1. The van der Waals surface area contributed by atoms with Crippen LogP contribution in [0.25, 0.3) is 0 Å². The van der Waals surface area contributed by atoms with E-state index < -0.39 is 36.6 Å². The molecule has 23 heavy (non-hydrogen) atoms. The minimum absolute atomic E-state index is 0.0181. The normalized spacial score (nSPS) is 19.8. The van der Waals surface area contributed by atoms with Crippen molar-refractivity contribution in [1.82, 2.24) is 9.03 Å². The molecule has 1 heterocycles. The molecule has 1 aromatic rings. The molecule has 1 fully saturated rings. The number of nitrogens with one attached hydrogen (secondary N) is 1. The summed E-state index contributed by atoms with van der Waals surface area (Å²) >= 11 is 0. The third-order valence-corrected chi connectivity index (χ3v) is 6.48. The Morgan fingerprint density at radius 1 is 1.26 bits per heavy atom. The average molecular weight is 366 g/mol. The minimum atomic E-state index is -4.31. The highest BCUT2D eigenvalue weighted by molar-refractivity contribution is 7.92. The van der Waals surface area contributed by atoms with Crippen LogP contribution < -0.4 is 4.72 Å². The summed E-state index contributed by atoms with van der Waals surface area (Å²) in [6, 6.07) is 2.84. The minimum Gasteiger partial charge on any atom is -0.211 e. The van der Waals surface area contributed by atoms with E-state index in [2.05, 4.69) is 11.3 Å². The van der Waals surface area contributed by atoms with E-state index >= 15 is 0 Å². The third kappa shape index (κ3) is 3.94. The maximum absolute atomic E-state index is 13.7. The molecule has 1 atom stereocenters. The molecule has 0 amide bonds. The monoisotopic (exact) mass is 366 g/mol. The maximum Gasteiger partial charge on any atom is 0.248 e. The molecule has 1 N–H and O–H groups in total. The van der Waals surface area contributed by atoms with Gasteiger partial charge in [-0.3, -0.25) is 0 Å². The molecule has 1 aliphatic heterocycles. The van der Waals surface area contributed by atoms with Crippen molar-refractivity contribution in [3.8, 4) is 0 Å². The van der Waals surface area contributed by atoms with Gasteiger partial charge in [0.05, 0.1) is 0 Å². The van der Waals surface area contributed by atoms with E-state index in [0.29, 0.717) is 6.42 Å². The number of hydrogen-bond donors (Lipinski definition) is 1. The van der Waals surface area contributed by atoms with Crippen molar-refractivity contribution < 1.29 is 25.6 Å². The van der Waals surface area contributed by atoms with Crippen LogP contribution >= 0.6 is 0 Å². The van der Waals surface area contributed by atoms with Crippen molar-refractivity contribution in [3.63, 3.8) is 0 Å². The molecule has 6 nitrogen and oxygen atoms in total. The Kier molecular flexibility index (Phi) is 5.19. The van der Waals surface area contributed by atoms with Gasteiger partial charge in [0.15, 0.2) is 4.90 Å². The van der Waals surface area contributed by atoms with Crippen molar-refractivity contribution in [2.75, 3.05) is 19.6 Å². The molecule has 0 bridgehead atoms. The summed E-state index contributed by atoms with van der Waals surface area (Å²) in [7, 11) is -7.91. The molecule has 1 aromatic carbocycles. The molecule has 1 aliphatic rings. The maximum atomic E-state index is 13.7. The van der Waals surface area contributed by atoms with Crippen molar-refractivity contribution in [2.45, 2.75) is 11.3 Å². The number of benzene rings is 1. The van der Waals surface area contributed by atoms with E-state index in [1.54, 1.807) is 0 Å². The van der Waals surface area contributed by atoms with Gasteiger partial charge in [0, 0.05) is 25.0 Å². The van der Waals surface area contributed by atoms with Gasteiger partial charge in [-0.2, -0.15) is 4.31 Å². The summed E-state index contributed by atoms with van der Waals surface area (Å²) < 4.78 is 77.9. The molecule has 0 aromatic heterocycles. The van der Waals surface area contributed by atoms with Gasteiger partial charge in [0.2, 0.25) is 20.0 Å². The zero-order valence-corrected chi connectivity index (χ0v) is 13.7. The fourth-order valence-corrected chi connectivity index (χ4v) is 4.56. The molecular formula is C13H16F2N2O4S2. The van der Waals surface area contributed by atoms with E-state index in [1.165, 1.54) is 0 Å². The lowest BCUT2D eigenvalue weighted by molar-refractivity contribution is 0.440. The Bertz CT molecular complexity index is 789. The molecule has 128 valence electrons. The summed E-state index contributed by atoms with van der Waals surface area (Å²) in [5.41, 5.74) is 0. The number of rotatable bonds is 6. The van der Waals surface area contributed by atoms with Crippen molar-refractivity contribution in [1.29, 1.82) is 0 Å². The van der Waals surface area contributed by atoms with Crippen LogP contribution in [0.2, 0.25) is 0 Å². The van der Waals surface area contributed by atoms with Gasteiger partial charge < -0.3 is 0 Å². The van der Waals surface area contributed by atoms with Crippen LogP contribution in [0.5, 0.6) is 0 Å². The van der Waals surface area contributed by atoms with Gasteiger partial charge in [0.25, 0.3) is 0 Å². The number of halogens is 2. The lowest BCUT2D eigenvalue weighted by atomic mass is 10.1. The van der Waals surface area contributed by atoms with E-state index in [0.717, 1.165) is 27.9 Å². The molecule has 1 saturated heterocycles. The fraction of sp³-hybridized carbons (Fsp3) is 0.385. The second kappa shape index (κ2) is 6.63. The SMILES string of the molecule is C=CS(=O)(=O)NC[C@H]1CCN(S(=O)(=O)c2c(F)cccc2F)C1. The fourth-order valence-electron chi connectivity index (χ4n) is 2.33. The Hall–Kier alpha value is -1.36. The summed E-state index contributed by atoms with van der Waals surface area (Å²) in [6.45, 7) is 3.23. The summed E-state index contributed by atoms with van der Waals surface area (Å²) in [5.74, 6) is -2.59. The lowest BCUT2D eigenvalue weighted by Gasteiger charge is -2.17. The summed E-state index contributed by atoms with van der Waals surface area (Å²) in [5, 5.41) is 0.755. The molecule has 0 saturated carbocycles. The molecule has 10 heteroatoms. The van der Waals surface area contributed by atoms with Crippen LogP contribution in [0.3, 0.4) is 0 Å². The van der Waals surface area contributed by atoms with Gasteiger partial charge in [0.1, 0.15) is 11.6 Å². The number of nitrogens with zero attached hydrogens (tertiary/aromatic N) is 1. The van der Waals surface area contributed by atoms with E-state index in [-0.39, 0.29) is 25.6 Å². The molecule has 0 unspecified atom stereocenters. The highest BCUT2D eigenvalue weighted by atomic mass is 32.2. The zero-order valence-electron chi connectivity index (χ0n) is 12.1. The topological polar surface area (TPSA) is 83.6 Å². The number of sulfonamides is 2. The van der Waals surface area contributed by atoms with Crippen molar-refractivity contribution in [2.24, 2.45) is 5.92 Å². The van der Waals surface area contributed by atoms with Crippen LogP contribution in [0.1, 0.15) is 6.42 Å². The van der Waals surface area contributed by atoms with Gasteiger partial charge >= 0.3 is 0 Å². The highest BCUT2D eigenvalue weighted by Gasteiger charge is 2.36. The average Bonchev–Trinajstić information content (AvgIpc) is 2.94. The number of hydrogen-bond acceptors (Lipinski definition) is 4. The Balaban J connectivity index is 2.13. The molecule has 0 aliphatic carbocycles. The third-order valence-electron chi connectivity index (χ3n) is 3.56. The smallest absolute Gasteiger partial charge is 0.211 e. The second-order valence-corrected chi connectivity index (χ2v) is 8.72. The Morgan fingerprint density at radius 3 is 2.43 bits per heavy atom. The summed E-state index contributed by atoms with van der Waals surface area (Å²) in [6.07, 6.45) is 0.384. The second-order valence-electron chi connectivity index (χ2n) is 5.13. The first-order valence-electron chi connectivity index (χ1n) is 6.73. The van der Waals surface area contributed by atoms with Gasteiger partial charge in [-0.15, -0.1) is 0 Å². The molecule has 0 spiro atoms. The van der Waals surface area contributed by atoms with Gasteiger partial charge in [-0.05, 0) is 24.5 Å². The Labute approximate surface area is 133 Å². The van der Waals surface area contributed by atoms with Gasteiger partial charge in [-0.25, -0.2) is 30.3 Å². The van der Waals surface area contributed by atoms with Crippen LogP contribution in [0.15, 0.2) is 35.1 Å². The van der Waals surface area contributed by atoms with E-state index in [9.17, 15) is 25.6 Å². The molecule has 2 rings (SSSR count). The predicted molar refractivity (Wildman–Crippen MR) is 80.3 cm³/mol. The zero-order chi connectivity index (χ0) is 17.3. The van der Waals surface area contributed by atoms with E-state index in [1.807, 2.05) is 0 Å². The van der Waals surface area contributed by atoms with Crippen LogP contribution in [0, 0.1) is 17.6 Å². The van der Waals surface area contributed by atoms with Crippen LogP contribution in [-0.2, 0) is 20.0 Å². The van der Waals surface area contributed by atoms with Crippen molar-refractivity contribution >= 4 is 20.0 Å². The molecule has 0 radical (unpaired) electrons. The van der Waals surface area contributed by atoms with Crippen molar-refractivity contribution in [3.05, 3.63) is 41.8 Å². The summed E-state index contributed by atoms with van der Waals surface area (Å²) in [4.78, 5) is -0.979. The first-order valence-corrected chi connectivity index (χ1v) is 9.72. The Morgan fingerprint density at radius 2 is 1.87 bits per heavy atom. The van der Waals surface area contributed by atoms with Crippen LogP contribution in [-0.4, -0.2) is 40.8 Å². The largest absolute Gasteiger partial charge is 0.248 e. The molecular weight excluding hydrogens is 350 g/mol.